The molecule has 1 amide bonds. The number of hydrogen-bond acceptors (Lipinski definition) is 7. The smallest absolute Gasteiger partial charge is 0.332 e. The van der Waals surface area contributed by atoms with Crippen LogP contribution < -0.4 is 5.32 Å². The molecule has 8 heteroatoms. The van der Waals surface area contributed by atoms with Gasteiger partial charge in [0.25, 0.3) is 5.91 Å². The Bertz CT molecular complexity index is 591. The molecule has 2 rings (SSSR count). The third-order valence-electron chi connectivity index (χ3n) is 2.06. The van der Waals surface area contributed by atoms with Crippen LogP contribution >= 0.6 is 23.1 Å². The fourth-order valence-corrected chi connectivity index (χ4v) is 2.59. The van der Waals surface area contributed by atoms with E-state index in [0.29, 0.717) is 5.17 Å². The molecule has 1 aliphatic rings. The molecule has 2 heterocycles. The largest absolute Gasteiger partial charge is 0.463 e. The maximum Gasteiger partial charge on any atom is 0.332 e. The molecule has 1 aromatic heterocycles. The van der Waals surface area contributed by atoms with E-state index in [0.717, 1.165) is 22.7 Å². The number of amides is 1. The average Bonchev–Trinajstić information content (AvgIpc) is 3.01. The Morgan fingerprint density at radius 3 is 3.10 bits per heavy atom. The van der Waals surface area contributed by atoms with Crippen LogP contribution in [-0.2, 0) is 14.3 Å². The second-order valence-corrected chi connectivity index (χ2v) is 5.49. The maximum atomic E-state index is 11.6. The number of thioether (sulfide) groups is 1. The second kappa shape index (κ2) is 7.01. The van der Waals surface area contributed by atoms with Crippen molar-refractivity contribution in [2.45, 2.75) is 6.92 Å². The number of nitrogens with one attached hydrogen (secondary N) is 1. The Hall–Kier alpha value is -1.93. The van der Waals surface area contributed by atoms with E-state index in [1.807, 2.05) is 17.5 Å². The first-order valence-corrected chi connectivity index (χ1v) is 7.41. The minimum Gasteiger partial charge on any atom is -0.463 e. The van der Waals surface area contributed by atoms with Gasteiger partial charge >= 0.3 is 5.97 Å². The van der Waals surface area contributed by atoms with Crippen LogP contribution in [0.1, 0.15) is 11.8 Å². The van der Waals surface area contributed by atoms with Gasteiger partial charge in [-0.2, -0.15) is 5.10 Å². The van der Waals surface area contributed by atoms with Gasteiger partial charge in [0, 0.05) is 11.0 Å². The third kappa shape index (κ3) is 4.04. The van der Waals surface area contributed by atoms with Crippen LogP contribution in [0, 0.1) is 0 Å². The summed E-state index contributed by atoms with van der Waals surface area (Å²) in [6.45, 7) is 1.96. The highest BCUT2D eigenvalue weighted by Gasteiger charge is 2.25. The van der Waals surface area contributed by atoms with Gasteiger partial charge in [0.2, 0.25) is 0 Å². The Labute approximate surface area is 123 Å². The molecule has 104 valence electrons. The van der Waals surface area contributed by atoms with Gasteiger partial charge in [0.1, 0.15) is 0 Å². The van der Waals surface area contributed by atoms with E-state index in [9.17, 15) is 9.59 Å². The van der Waals surface area contributed by atoms with Crippen molar-refractivity contribution >= 4 is 46.4 Å². The number of ether oxygens (including phenoxy) is 1. The fraction of sp³-hybridized carbons (Fsp3) is 0.167. The van der Waals surface area contributed by atoms with Gasteiger partial charge in [-0.1, -0.05) is 6.07 Å². The van der Waals surface area contributed by atoms with Crippen molar-refractivity contribution in [2.24, 2.45) is 10.2 Å². The third-order valence-corrected chi connectivity index (χ3v) is 3.77. The number of nitrogens with zero attached hydrogens (tertiary/aromatic N) is 2. The number of amidine groups is 1. The van der Waals surface area contributed by atoms with Crippen LogP contribution in [0.25, 0.3) is 0 Å². The van der Waals surface area contributed by atoms with Gasteiger partial charge < -0.3 is 4.74 Å². The molecule has 1 aliphatic heterocycles. The molecule has 0 unspecified atom stereocenters. The van der Waals surface area contributed by atoms with E-state index in [1.54, 1.807) is 13.1 Å². The Morgan fingerprint density at radius 2 is 2.40 bits per heavy atom. The lowest BCUT2D eigenvalue weighted by Gasteiger charge is -1.95. The van der Waals surface area contributed by atoms with Crippen molar-refractivity contribution in [3.8, 4) is 0 Å². The first-order valence-electron chi connectivity index (χ1n) is 5.71. The minimum atomic E-state index is -0.548. The Kier molecular flexibility index (Phi) is 5.08. The molecule has 1 saturated heterocycles. The lowest BCUT2D eigenvalue weighted by atomic mass is 10.4. The monoisotopic (exact) mass is 309 g/mol. The number of carbonyl (C=O) groups is 2. The molecule has 1 fully saturated rings. The van der Waals surface area contributed by atoms with Gasteiger partial charge in [0.05, 0.1) is 17.7 Å². The molecule has 20 heavy (non-hydrogen) atoms. The number of esters is 1. The SMILES string of the molecule is CCOC(=O)/C=C1\S/C(=N/N=C/c2cccs2)NC1=O. The minimum absolute atomic E-state index is 0.244. The van der Waals surface area contributed by atoms with Gasteiger partial charge in [0.15, 0.2) is 5.17 Å². The van der Waals surface area contributed by atoms with Crippen molar-refractivity contribution in [2.75, 3.05) is 6.61 Å². The molecule has 6 nitrogen and oxygen atoms in total. The summed E-state index contributed by atoms with van der Waals surface area (Å²) in [4.78, 5) is 24.0. The number of thiophene rings is 1. The lowest BCUT2D eigenvalue weighted by molar-refractivity contribution is -0.137. The summed E-state index contributed by atoms with van der Waals surface area (Å²) in [7, 11) is 0. The summed E-state index contributed by atoms with van der Waals surface area (Å²) in [5.74, 6) is -0.929. The van der Waals surface area contributed by atoms with Crippen molar-refractivity contribution < 1.29 is 14.3 Å². The predicted molar refractivity (Wildman–Crippen MR) is 79.8 cm³/mol. The van der Waals surface area contributed by atoms with E-state index in [1.165, 1.54) is 11.3 Å². The predicted octanol–water partition coefficient (Wildman–Crippen LogP) is 1.75. The topological polar surface area (TPSA) is 80.1 Å². The highest BCUT2D eigenvalue weighted by molar-refractivity contribution is 8.18. The van der Waals surface area contributed by atoms with E-state index < -0.39 is 5.97 Å². The number of carbonyl (C=O) groups excluding carboxylic acids is 2. The standard InChI is InChI=1S/C12H11N3O3S2/c1-2-18-10(16)6-9-11(17)14-12(20-9)15-13-7-8-4-3-5-19-8/h3-7H,2H2,1H3,(H,14,15,17)/b9-6-,13-7+. The number of hydrogen-bond donors (Lipinski definition) is 1. The molecular weight excluding hydrogens is 298 g/mol. The Morgan fingerprint density at radius 1 is 1.55 bits per heavy atom. The van der Waals surface area contributed by atoms with Gasteiger partial charge in [-0.15, -0.1) is 16.4 Å². The van der Waals surface area contributed by atoms with Crippen molar-refractivity contribution in [3.63, 3.8) is 0 Å². The van der Waals surface area contributed by atoms with Crippen LogP contribution in [0.4, 0.5) is 0 Å². The number of rotatable bonds is 4. The van der Waals surface area contributed by atoms with E-state index in [-0.39, 0.29) is 17.4 Å². The molecule has 0 atom stereocenters. The zero-order chi connectivity index (χ0) is 14.4. The molecule has 0 saturated carbocycles. The van der Waals surface area contributed by atoms with Crippen LogP contribution in [0.3, 0.4) is 0 Å². The van der Waals surface area contributed by atoms with Crippen molar-refractivity contribution in [1.82, 2.24) is 5.32 Å². The highest BCUT2D eigenvalue weighted by atomic mass is 32.2. The molecule has 1 aromatic rings. The summed E-state index contributed by atoms with van der Waals surface area (Å²) < 4.78 is 4.74. The summed E-state index contributed by atoms with van der Waals surface area (Å²) >= 11 is 2.58. The Balaban J connectivity index is 1.99. The van der Waals surface area contributed by atoms with Gasteiger partial charge in [-0.05, 0) is 30.1 Å². The fourth-order valence-electron chi connectivity index (χ4n) is 1.27. The van der Waals surface area contributed by atoms with Crippen LogP contribution in [0.5, 0.6) is 0 Å². The molecule has 0 spiro atoms. The zero-order valence-corrected chi connectivity index (χ0v) is 12.2. The molecule has 0 aliphatic carbocycles. The first-order chi connectivity index (χ1) is 9.69. The zero-order valence-electron chi connectivity index (χ0n) is 10.5. The second-order valence-electron chi connectivity index (χ2n) is 3.48. The lowest BCUT2D eigenvalue weighted by Crippen LogP contribution is -2.19. The van der Waals surface area contributed by atoms with Gasteiger partial charge in [-0.3, -0.25) is 10.1 Å². The van der Waals surface area contributed by atoms with E-state index >= 15 is 0 Å². The van der Waals surface area contributed by atoms with Crippen LogP contribution in [0.15, 0.2) is 38.7 Å². The summed E-state index contributed by atoms with van der Waals surface area (Å²) in [6, 6.07) is 3.81. The summed E-state index contributed by atoms with van der Waals surface area (Å²) in [5, 5.41) is 12.5. The molecule has 1 N–H and O–H groups in total. The summed E-state index contributed by atoms with van der Waals surface area (Å²) in [6.07, 6.45) is 2.74. The van der Waals surface area contributed by atoms with Crippen molar-refractivity contribution in [3.05, 3.63) is 33.4 Å². The first kappa shape index (κ1) is 14.5. The van der Waals surface area contributed by atoms with E-state index in [4.69, 9.17) is 4.74 Å². The van der Waals surface area contributed by atoms with Crippen LogP contribution in [0.2, 0.25) is 0 Å². The van der Waals surface area contributed by atoms with Crippen molar-refractivity contribution in [1.29, 1.82) is 0 Å². The quantitative estimate of drug-likeness (QED) is 0.398. The van der Waals surface area contributed by atoms with E-state index in [2.05, 4.69) is 15.5 Å². The van der Waals surface area contributed by atoms with Crippen LogP contribution in [-0.4, -0.2) is 29.9 Å². The maximum absolute atomic E-state index is 11.6. The summed E-state index contributed by atoms with van der Waals surface area (Å²) in [5.41, 5.74) is 0. The molecule has 0 bridgehead atoms. The average molecular weight is 309 g/mol. The molecular formula is C12H11N3O3S2. The highest BCUT2D eigenvalue weighted by Crippen LogP contribution is 2.23. The van der Waals surface area contributed by atoms with Gasteiger partial charge in [-0.25, -0.2) is 4.79 Å². The molecule has 0 radical (unpaired) electrons. The molecule has 0 aromatic carbocycles. The normalized spacial score (nSPS) is 18.9.